The zero-order chi connectivity index (χ0) is 15.6. The van der Waals surface area contributed by atoms with Crippen molar-refractivity contribution >= 4 is 5.97 Å². The fourth-order valence-corrected chi connectivity index (χ4v) is 2.71. The first-order valence-electron chi connectivity index (χ1n) is 6.90. The predicted octanol–water partition coefficient (Wildman–Crippen LogP) is 3.39. The van der Waals surface area contributed by atoms with Gasteiger partial charge in [-0.05, 0) is 44.0 Å². The molecule has 0 spiro atoms. The molecule has 0 aliphatic carbocycles. The maximum atomic E-state index is 12.5. The van der Waals surface area contributed by atoms with Crippen molar-refractivity contribution < 1.29 is 23.1 Å². The van der Waals surface area contributed by atoms with Gasteiger partial charge in [-0.25, -0.2) is 0 Å². The number of carbonyl (C=O) groups is 1. The second-order valence-electron chi connectivity index (χ2n) is 5.57. The average molecular weight is 301 g/mol. The summed E-state index contributed by atoms with van der Waals surface area (Å²) in [6.45, 7) is 3.16. The molecule has 116 valence electrons. The van der Waals surface area contributed by atoms with Gasteiger partial charge in [0.1, 0.15) is 0 Å². The molecule has 1 fully saturated rings. The molecule has 3 nitrogen and oxygen atoms in total. The van der Waals surface area contributed by atoms with E-state index in [9.17, 15) is 18.0 Å². The SMILES string of the molecule is CC1CC(C(=O)O)CCN1Cc1ccc(C(F)(F)F)cc1. The van der Waals surface area contributed by atoms with E-state index in [0.29, 0.717) is 25.9 Å². The smallest absolute Gasteiger partial charge is 0.416 e. The third-order valence-electron chi connectivity index (χ3n) is 4.03. The summed E-state index contributed by atoms with van der Waals surface area (Å²) >= 11 is 0. The van der Waals surface area contributed by atoms with Crippen LogP contribution in [-0.4, -0.2) is 28.6 Å². The number of aliphatic carboxylic acids is 1. The number of piperidine rings is 1. The lowest BCUT2D eigenvalue weighted by Gasteiger charge is -2.36. The predicted molar refractivity (Wildman–Crippen MR) is 71.7 cm³/mol. The maximum Gasteiger partial charge on any atom is 0.416 e. The Morgan fingerprint density at radius 1 is 1.33 bits per heavy atom. The minimum Gasteiger partial charge on any atom is -0.481 e. The molecule has 1 N–H and O–H groups in total. The van der Waals surface area contributed by atoms with E-state index >= 15 is 0 Å². The number of rotatable bonds is 3. The lowest BCUT2D eigenvalue weighted by molar-refractivity contribution is -0.144. The molecular weight excluding hydrogens is 283 g/mol. The second-order valence-corrected chi connectivity index (χ2v) is 5.57. The average Bonchev–Trinajstić information content (AvgIpc) is 2.40. The number of halogens is 3. The number of alkyl halides is 3. The Morgan fingerprint density at radius 2 is 1.95 bits per heavy atom. The highest BCUT2D eigenvalue weighted by atomic mass is 19.4. The first kappa shape index (κ1) is 15.8. The van der Waals surface area contributed by atoms with E-state index in [2.05, 4.69) is 4.90 Å². The van der Waals surface area contributed by atoms with E-state index in [4.69, 9.17) is 5.11 Å². The van der Waals surface area contributed by atoms with Crippen LogP contribution in [0.5, 0.6) is 0 Å². The van der Waals surface area contributed by atoms with Crippen LogP contribution >= 0.6 is 0 Å². The highest BCUT2D eigenvalue weighted by Crippen LogP contribution is 2.30. The van der Waals surface area contributed by atoms with Gasteiger partial charge in [-0.1, -0.05) is 12.1 Å². The number of hydrogen-bond donors (Lipinski definition) is 1. The van der Waals surface area contributed by atoms with Gasteiger partial charge in [-0.2, -0.15) is 13.2 Å². The lowest BCUT2D eigenvalue weighted by atomic mass is 9.91. The fraction of sp³-hybridized carbons (Fsp3) is 0.533. The van der Waals surface area contributed by atoms with Crippen molar-refractivity contribution in [2.24, 2.45) is 5.92 Å². The Morgan fingerprint density at radius 3 is 2.43 bits per heavy atom. The van der Waals surface area contributed by atoms with Gasteiger partial charge in [0.05, 0.1) is 11.5 Å². The number of nitrogens with zero attached hydrogens (tertiary/aromatic N) is 1. The van der Waals surface area contributed by atoms with Gasteiger partial charge in [0.2, 0.25) is 0 Å². The normalized spacial score (nSPS) is 24.0. The molecule has 21 heavy (non-hydrogen) atoms. The van der Waals surface area contributed by atoms with Crippen LogP contribution < -0.4 is 0 Å². The third kappa shape index (κ3) is 3.97. The molecule has 2 atom stereocenters. The van der Waals surface area contributed by atoms with Crippen LogP contribution in [-0.2, 0) is 17.5 Å². The van der Waals surface area contributed by atoms with Crippen LogP contribution in [0.15, 0.2) is 24.3 Å². The first-order chi connectivity index (χ1) is 9.77. The van der Waals surface area contributed by atoms with Gasteiger partial charge in [-0.15, -0.1) is 0 Å². The first-order valence-corrected chi connectivity index (χ1v) is 6.90. The molecule has 2 unspecified atom stereocenters. The molecule has 2 rings (SSSR count). The molecule has 1 aromatic carbocycles. The van der Waals surface area contributed by atoms with E-state index in [1.54, 1.807) is 0 Å². The summed E-state index contributed by atoms with van der Waals surface area (Å²) < 4.78 is 37.5. The monoisotopic (exact) mass is 301 g/mol. The minimum absolute atomic E-state index is 0.113. The van der Waals surface area contributed by atoms with E-state index in [0.717, 1.165) is 17.7 Å². The molecule has 1 aliphatic heterocycles. The Hall–Kier alpha value is -1.56. The van der Waals surface area contributed by atoms with Crippen molar-refractivity contribution in [3.8, 4) is 0 Å². The Bertz CT molecular complexity index is 499. The molecule has 0 bridgehead atoms. The topological polar surface area (TPSA) is 40.5 Å². The summed E-state index contributed by atoms with van der Waals surface area (Å²) in [5.74, 6) is -1.08. The van der Waals surface area contributed by atoms with Gasteiger partial charge in [0, 0.05) is 12.6 Å². The van der Waals surface area contributed by atoms with Gasteiger partial charge < -0.3 is 5.11 Å². The van der Waals surface area contributed by atoms with Crippen LogP contribution in [0.3, 0.4) is 0 Å². The van der Waals surface area contributed by atoms with Gasteiger partial charge in [-0.3, -0.25) is 9.69 Å². The number of carboxylic acids is 1. The largest absolute Gasteiger partial charge is 0.481 e. The van der Waals surface area contributed by atoms with E-state index in [1.807, 2.05) is 6.92 Å². The zero-order valence-corrected chi connectivity index (χ0v) is 11.7. The fourth-order valence-electron chi connectivity index (χ4n) is 2.71. The van der Waals surface area contributed by atoms with Crippen molar-refractivity contribution in [1.82, 2.24) is 4.90 Å². The molecule has 6 heteroatoms. The molecule has 0 aromatic heterocycles. The number of benzene rings is 1. The maximum absolute atomic E-state index is 12.5. The molecule has 1 saturated heterocycles. The Kier molecular flexibility index (Phi) is 4.56. The summed E-state index contributed by atoms with van der Waals surface area (Å²) in [6, 6.07) is 5.26. The van der Waals surface area contributed by atoms with Crippen molar-refractivity contribution in [3.63, 3.8) is 0 Å². The molecule has 0 radical (unpaired) electrons. The Labute approximate surface area is 121 Å². The van der Waals surface area contributed by atoms with E-state index in [1.165, 1.54) is 12.1 Å². The van der Waals surface area contributed by atoms with Gasteiger partial charge in [0.25, 0.3) is 0 Å². The van der Waals surface area contributed by atoms with Crippen LogP contribution in [0.2, 0.25) is 0 Å². The summed E-state index contributed by atoms with van der Waals surface area (Å²) in [4.78, 5) is 13.1. The number of likely N-dealkylation sites (tertiary alicyclic amines) is 1. The quantitative estimate of drug-likeness (QED) is 0.930. The minimum atomic E-state index is -4.31. The summed E-state index contributed by atoms with van der Waals surface area (Å²) in [6.07, 6.45) is -3.15. The number of hydrogen-bond acceptors (Lipinski definition) is 2. The van der Waals surface area contributed by atoms with Gasteiger partial charge >= 0.3 is 12.1 Å². The Balaban J connectivity index is 1.98. The standard InChI is InChI=1S/C15H18F3NO2/c1-10-8-12(14(20)21)6-7-19(10)9-11-2-4-13(5-3-11)15(16,17)18/h2-5,10,12H,6-9H2,1H3,(H,20,21). The summed E-state index contributed by atoms with van der Waals surface area (Å²) in [5.41, 5.74) is 0.160. The molecule has 1 aromatic rings. The van der Waals surface area contributed by atoms with Crippen molar-refractivity contribution in [2.45, 2.75) is 38.5 Å². The molecule has 0 saturated carbocycles. The van der Waals surface area contributed by atoms with Crippen molar-refractivity contribution in [1.29, 1.82) is 0 Å². The highest BCUT2D eigenvalue weighted by Gasteiger charge is 2.31. The zero-order valence-electron chi connectivity index (χ0n) is 11.7. The second kappa shape index (κ2) is 6.05. The number of carboxylic acid groups (broad SMARTS) is 1. The third-order valence-corrected chi connectivity index (χ3v) is 4.03. The van der Waals surface area contributed by atoms with E-state index in [-0.39, 0.29) is 12.0 Å². The highest BCUT2D eigenvalue weighted by molar-refractivity contribution is 5.70. The van der Waals surface area contributed by atoms with Crippen LogP contribution in [0.1, 0.15) is 30.9 Å². The van der Waals surface area contributed by atoms with Crippen LogP contribution in [0, 0.1) is 5.92 Å². The molecule has 1 heterocycles. The van der Waals surface area contributed by atoms with Crippen LogP contribution in [0.25, 0.3) is 0 Å². The lowest BCUT2D eigenvalue weighted by Crippen LogP contribution is -2.42. The van der Waals surface area contributed by atoms with Crippen molar-refractivity contribution in [2.75, 3.05) is 6.54 Å². The van der Waals surface area contributed by atoms with Gasteiger partial charge in [0.15, 0.2) is 0 Å². The van der Waals surface area contributed by atoms with Crippen LogP contribution in [0.4, 0.5) is 13.2 Å². The summed E-state index contributed by atoms with van der Waals surface area (Å²) in [7, 11) is 0. The molecule has 1 aliphatic rings. The molecular formula is C15H18F3NO2. The van der Waals surface area contributed by atoms with E-state index < -0.39 is 17.7 Å². The van der Waals surface area contributed by atoms with Crippen molar-refractivity contribution in [3.05, 3.63) is 35.4 Å². The molecule has 0 amide bonds. The summed E-state index contributed by atoms with van der Waals surface area (Å²) in [5, 5.41) is 9.01.